The van der Waals surface area contributed by atoms with Gasteiger partial charge in [-0.1, -0.05) is 19.4 Å². The van der Waals surface area contributed by atoms with Crippen LogP contribution in [-0.2, 0) is 0 Å². The normalized spacial score (nSPS) is 10.8. The number of aromatic nitrogens is 1. The summed E-state index contributed by atoms with van der Waals surface area (Å²) < 4.78 is 1.26. The number of carbonyl (C=O) groups is 1. The lowest BCUT2D eigenvalue weighted by molar-refractivity contribution is 0.0900. The summed E-state index contributed by atoms with van der Waals surface area (Å²) in [5.74, 6) is -0.161. The lowest BCUT2D eigenvalue weighted by Gasteiger charge is -2.10. The lowest BCUT2D eigenvalue weighted by Crippen LogP contribution is -2.28. The Morgan fingerprint density at radius 2 is 2.05 bits per heavy atom. The minimum atomic E-state index is -0.251. The summed E-state index contributed by atoms with van der Waals surface area (Å²) in [5, 5.41) is 0.858. The molecule has 1 aromatic carbocycles. The summed E-state index contributed by atoms with van der Waals surface area (Å²) in [6.45, 7) is 3.74. The van der Waals surface area contributed by atoms with Crippen LogP contribution in [0.15, 0.2) is 29.1 Å². The van der Waals surface area contributed by atoms with E-state index in [1.807, 2.05) is 13.0 Å². The molecule has 0 saturated heterocycles. The second-order valence-corrected chi connectivity index (χ2v) is 4.78. The first-order valence-corrected chi connectivity index (χ1v) is 6.49. The van der Waals surface area contributed by atoms with E-state index in [0.717, 1.165) is 18.2 Å². The molecule has 0 atom stereocenters. The van der Waals surface area contributed by atoms with Gasteiger partial charge in [-0.15, -0.1) is 0 Å². The van der Waals surface area contributed by atoms with Gasteiger partial charge in [0.25, 0.3) is 5.56 Å². The molecule has 1 aromatic heterocycles. The Morgan fingerprint density at radius 3 is 2.74 bits per heavy atom. The summed E-state index contributed by atoms with van der Waals surface area (Å²) in [5.41, 5.74) is 7.22. The van der Waals surface area contributed by atoms with E-state index in [1.165, 1.54) is 4.57 Å². The molecule has 0 aliphatic carbocycles. The van der Waals surface area contributed by atoms with Crippen molar-refractivity contribution < 1.29 is 4.79 Å². The molecule has 100 valence electrons. The number of carbonyl (C=O) groups excluding carboxylic acids is 1. The highest BCUT2D eigenvalue weighted by molar-refractivity contribution is 5.92. The van der Waals surface area contributed by atoms with Gasteiger partial charge in [-0.25, -0.2) is 4.57 Å². The van der Waals surface area contributed by atoms with Crippen LogP contribution in [0.25, 0.3) is 10.9 Å². The van der Waals surface area contributed by atoms with Gasteiger partial charge in [0.2, 0.25) is 5.91 Å². The molecule has 0 radical (unpaired) electrons. The number of aryl methyl sites for hydroxylation is 1. The average molecular weight is 258 g/mol. The maximum atomic E-state index is 12.2. The number of hydrogen-bond acceptors (Lipinski definition) is 3. The van der Waals surface area contributed by atoms with E-state index in [9.17, 15) is 9.59 Å². The van der Waals surface area contributed by atoms with Crippen molar-refractivity contribution in [3.63, 3.8) is 0 Å². The monoisotopic (exact) mass is 258 g/mol. The van der Waals surface area contributed by atoms with Gasteiger partial charge < -0.3 is 5.73 Å². The molecule has 0 spiro atoms. The molecule has 19 heavy (non-hydrogen) atoms. The molecule has 0 saturated carbocycles. The highest BCUT2D eigenvalue weighted by Gasteiger charge is 2.13. The highest BCUT2D eigenvalue weighted by atomic mass is 16.2. The summed E-state index contributed by atoms with van der Waals surface area (Å²) in [6.07, 6.45) is 2.08. The standard InChI is InChI=1S/C15H18N2O2/c1-3-4-5-14(18)17-13-9-12(16)7-6-11(13)8-10(2)15(17)19/h6-9H,3-5,16H2,1-2H3. The van der Waals surface area contributed by atoms with Gasteiger partial charge >= 0.3 is 0 Å². The first-order chi connectivity index (χ1) is 9.04. The number of nitrogen functional groups attached to an aromatic ring is 1. The third kappa shape index (κ3) is 2.52. The Labute approximate surface area is 111 Å². The molecule has 1 heterocycles. The van der Waals surface area contributed by atoms with Gasteiger partial charge in [0.05, 0.1) is 5.52 Å². The van der Waals surface area contributed by atoms with Crippen molar-refractivity contribution in [3.8, 4) is 0 Å². The topological polar surface area (TPSA) is 65.1 Å². The van der Waals surface area contributed by atoms with Crippen molar-refractivity contribution in [1.29, 1.82) is 0 Å². The first kappa shape index (κ1) is 13.3. The molecule has 0 aliphatic rings. The zero-order valence-electron chi connectivity index (χ0n) is 11.3. The molecule has 2 rings (SSSR count). The number of benzene rings is 1. The third-order valence-electron chi connectivity index (χ3n) is 3.20. The van der Waals surface area contributed by atoms with Gasteiger partial charge in [-0.2, -0.15) is 0 Å². The number of hydrogen-bond donors (Lipinski definition) is 1. The zero-order chi connectivity index (χ0) is 14.0. The van der Waals surface area contributed by atoms with Gasteiger partial charge in [-0.3, -0.25) is 9.59 Å². The van der Waals surface area contributed by atoms with Gasteiger partial charge in [-0.05, 0) is 36.9 Å². The number of pyridine rings is 1. The van der Waals surface area contributed by atoms with Gasteiger partial charge in [0, 0.05) is 17.7 Å². The summed E-state index contributed by atoms with van der Waals surface area (Å²) in [4.78, 5) is 24.4. The Bertz CT molecular complexity index is 686. The number of nitrogens with two attached hydrogens (primary N) is 1. The highest BCUT2D eigenvalue weighted by Crippen LogP contribution is 2.17. The molecule has 4 nitrogen and oxygen atoms in total. The van der Waals surface area contributed by atoms with Crippen LogP contribution < -0.4 is 11.3 Å². The molecule has 0 fully saturated rings. The zero-order valence-corrected chi connectivity index (χ0v) is 11.3. The maximum absolute atomic E-state index is 12.2. The second kappa shape index (κ2) is 5.26. The van der Waals surface area contributed by atoms with Crippen LogP contribution in [0, 0.1) is 6.92 Å². The Hall–Kier alpha value is -2.10. The minimum absolute atomic E-state index is 0.161. The van der Waals surface area contributed by atoms with Crippen molar-refractivity contribution in [2.24, 2.45) is 0 Å². The minimum Gasteiger partial charge on any atom is -0.399 e. The summed E-state index contributed by atoms with van der Waals surface area (Å²) in [7, 11) is 0. The molecular formula is C15H18N2O2. The van der Waals surface area contributed by atoms with Crippen LogP contribution in [0.1, 0.15) is 36.5 Å². The van der Waals surface area contributed by atoms with E-state index < -0.39 is 0 Å². The van der Waals surface area contributed by atoms with Crippen LogP contribution >= 0.6 is 0 Å². The van der Waals surface area contributed by atoms with Crippen molar-refractivity contribution in [2.75, 3.05) is 5.73 Å². The molecular weight excluding hydrogens is 240 g/mol. The van der Waals surface area contributed by atoms with E-state index in [-0.39, 0.29) is 11.5 Å². The lowest BCUT2D eigenvalue weighted by atomic mass is 10.1. The van der Waals surface area contributed by atoms with Crippen LogP contribution in [0.3, 0.4) is 0 Å². The Morgan fingerprint density at radius 1 is 1.32 bits per heavy atom. The number of unbranched alkanes of at least 4 members (excludes halogenated alkanes) is 1. The summed E-state index contributed by atoms with van der Waals surface area (Å²) >= 11 is 0. The Balaban J connectivity index is 2.69. The van der Waals surface area contributed by atoms with Crippen LogP contribution in [-0.4, -0.2) is 10.5 Å². The molecule has 0 bridgehead atoms. The van der Waals surface area contributed by atoms with E-state index in [1.54, 1.807) is 25.1 Å². The fourth-order valence-electron chi connectivity index (χ4n) is 2.14. The third-order valence-corrected chi connectivity index (χ3v) is 3.20. The van der Waals surface area contributed by atoms with Crippen molar-refractivity contribution in [1.82, 2.24) is 4.57 Å². The maximum Gasteiger partial charge on any atom is 0.260 e. The molecule has 0 unspecified atom stereocenters. The van der Waals surface area contributed by atoms with Crippen molar-refractivity contribution >= 4 is 22.5 Å². The number of anilines is 1. The Kier molecular flexibility index (Phi) is 3.69. The van der Waals surface area contributed by atoms with E-state index in [0.29, 0.717) is 23.2 Å². The fourth-order valence-corrected chi connectivity index (χ4v) is 2.14. The fraction of sp³-hybridized carbons (Fsp3) is 0.333. The quantitative estimate of drug-likeness (QED) is 0.861. The number of rotatable bonds is 3. The molecule has 0 amide bonds. The van der Waals surface area contributed by atoms with Crippen LogP contribution in [0.2, 0.25) is 0 Å². The predicted molar refractivity (Wildman–Crippen MR) is 77.5 cm³/mol. The van der Waals surface area contributed by atoms with Crippen LogP contribution in [0.4, 0.5) is 5.69 Å². The first-order valence-electron chi connectivity index (χ1n) is 6.49. The molecule has 2 aromatic rings. The SMILES string of the molecule is CCCCC(=O)n1c(=O)c(C)cc2ccc(N)cc21. The molecule has 2 N–H and O–H groups in total. The van der Waals surface area contributed by atoms with E-state index in [2.05, 4.69) is 0 Å². The van der Waals surface area contributed by atoms with E-state index in [4.69, 9.17) is 5.73 Å². The smallest absolute Gasteiger partial charge is 0.260 e. The predicted octanol–water partition coefficient (Wildman–Crippen LogP) is 2.72. The average Bonchev–Trinajstić information content (AvgIpc) is 2.38. The van der Waals surface area contributed by atoms with E-state index >= 15 is 0 Å². The molecule has 0 aliphatic heterocycles. The van der Waals surface area contributed by atoms with Gasteiger partial charge in [0.1, 0.15) is 0 Å². The molecule has 4 heteroatoms. The van der Waals surface area contributed by atoms with Crippen molar-refractivity contribution in [2.45, 2.75) is 33.1 Å². The summed E-state index contributed by atoms with van der Waals surface area (Å²) in [6, 6.07) is 7.08. The number of nitrogens with zero attached hydrogens (tertiary/aromatic N) is 1. The van der Waals surface area contributed by atoms with Crippen molar-refractivity contribution in [3.05, 3.63) is 40.2 Å². The van der Waals surface area contributed by atoms with Gasteiger partial charge in [0.15, 0.2) is 0 Å². The van der Waals surface area contributed by atoms with Crippen LogP contribution in [0.5, 0.6) is 0 Å². The number of fused-ring (bicyclic) bond motifs is 1. The largest absolute Gasteiger partial charge is 0.399 e. The second-order valence-electron chi connectivity index (χ2n) is 4.78.